The average Bonchev–Trinajstić information content (AvgIpc) is 2.67. The van der Waals surface area contributed by atoms with Gasteiger partial charge in [0, 0.05) is 16.3 Å². The highest BCUT2D eigenvalue weighted by Gasteiger charge is 2.11. The maximum atomic E-state index is 12.3. The van der Waals surface area contributed by atoms with Gasteiger partial charge in [0.2, 0.25) is 0 Å². The molecule has 0 atom stereocenters. The van der Waals surface area contributed by atoms with E-state index in [9.17, 15) is 9.59 Å². The highest BCUT2D eigenvalue weighted by Crippen LogP contribution is 2.23. The Morgan fingerprint density at radius 2 is 1.59 bits per heavy atom. The number of carbonyl (C=O) groups excluding carboxylic acids is 2. The Kier molecular flexibility index (Phi) is 6.12. The van der Waals surface area contributed by atoms with Crippen molar-refractivity contribution in [3.8, 4) is 5.75 Å². The predicted molar refractivity (Wildman–Crippen MR) is 107 cm³/mol. The summed E-state index contributed by atoms with van der Waals surface area (Å²) >= 11 is 11.9. The summed E-state index contributed by atoms with van der Waals surface area (Å²) in [7, 11) is 0. The van der Waals surface area contributed by atoms with Crippen LogP contribution in [0.4, 0.5) is 5.69 Å². The van der Waals surface area contributed by atoms with Gasteiger partial charge in [0.05, 0.1) is 10.6 Å². The molecule has 0 spiro atoms. The number of halogens is 2. The van der Waals surface area contributed by atoms with Gasteiger partial charge >= 0.3 is 0 Å². The standard InChI is InChI=1S/C21H15Cl2NO3/c22-15-6-11-18(19(23)12-15)21(26)24-16-7-9-17(10-8-16)27-13-20(25)14-4-2-1-3-5-14/h1-12H,13H2,(H,24,26). The van der Waals surface area contributed by atoms with E-state index in [4.69, 9.17) is 27.9 Å². The largest absolute Gasteiger partial charge is 0.485 e. The lowest BCUT2D eigenvalue weighted by molar-refractivity contribution is 0.0921. The number of carbonyl (C=O) groups is 2. The van der Waals surface area contributed by atoms with E-state index < -0.39 is 0 Å². The van der Waals surface area contributed by atoms with Crippen molar-refractivity contribution in [2.75, 3.05) is 11.9 Å². The fourth-order valence-corrected chi connectivity index (χ4v) is 2.86. The summed E-state index contributed by atoms with van der Waals surface area (Å²) in [4.78, 5) is 24.3. The van der Waals surface area contributed by atoms with Gasteiger partial charge in [-0.25, -0.2) is 0 Å². The summed E-state index contributed by atoms with van der Waals surface area (Å²) < 4.78 is 5.50. The van der Waals surface area contributed by atoms with Crippen LogP contribution in [0.3, 0.4) is 0 Å². The highest BCUT2D eigenvalue weighted by atomic mass is 35.5. The molecule has 0 saturated heterocycles. The number of ether oxygens (including phenoxy) is 1. The van der Waals surface area contributed by atoms with Gasteiger partial charge in [-0.2, -0.15) is 0 Å². The Bertz CT molecular complexity index is 957. The molecule has 136 valence electrons. The van der Waals surface area contributed by atoms with Crippen LogP contribution in [0.2, 0.25) is 10.0 Å². The van der Waals surface area contributed by atoms with E-state index in [1.807, 2.05) is 6.07 Å². The van der Waals surface area contributed by atoms with Crippen molar-refractivity contribution in [2.45, 2.75) is 0 Å². The molecule has 0 heterocycles. The molecule has 1 N–H and O–H groups in total. The summed E-state index contributed by atoms with van der Waals surface area (Å²) in [5.74, 6) is 0.0803. The number of Topliss-reactive ketones (excluding diaryl/α,β-unsaturated/α-hetero) is 1. The van der Waals surface area contributed by atoms with E-state index in [0.717, 1.165) is 0 Å². The zero-order valence-corrected chi connectivity index (χ0v) is 15.6. The van der Waals surface area contributed by atoms with Gasteiger partial charge in [0.1, 0.15) is 5.75 Å². The van der Waals surface area contributed by atoms with Crippen LogP contribution in [-0.4, -0.2) is 18.3 Å². The summed E-state index contributed by atoms with van der Waals surface area (Å²) in [6, 6.07) is 20.3. The number of ketones is 1. The number of rotatable bonds is 6. The van der Waals surface area contributed by atoms with E-state index in [-0.39, 0.29) is 23.3 Å². The predicted octanol–water partition coefficient (Wildman–Crippen LogP) is 5.51. The molecular weight excluding hydrogens is 385 g/mol. The first-order valence-corrected chi connectivity index (χ1v) is 8.86. The minimum atomic E-state index is -0.343. The van der Waals surface area contributed by atoms with Crippen molar-refractivity contribution in [1.29, 1.82) is 0 Å². The number of benzene rings is 3. The number of nitrogens with one attached hydrogen (secondary N) is 1. The van der Waals surface area contributed by atoms with Gasteiger partial charge in [0.25, 0.3) is 5.91 Å². The lowest BCUT2D eigenvalue weighted by atomic mass is 10.1. The molecule has 0 aromatic heterocycles. The highest BCUT2D eigenvalue weighted by molar-refractivity contribution is 6.37. The van der Waals surface area contributed by atoms with Crippen LogP contribution in [0.15, 0.2) is 72.8 Å². The van der Waals surface area contributed by atoms with Crippen molar-refractivity contribution in [2.24, 2.45) is 0 Å². The van der Waals surface area contributed by atoms with Gasteiger partial charge in [-0.1, -0.05) is 53.5 Å². The Morgan fingerprint density at radius 1 is 0.889 bits per heavy atom. The normalized spacial score (nSPS) is 10.3. The molecule has 0 saturated carbocycles. The SMILES string of the molecule is O=C(COc1ccc(NC(=O)c2ccc(Cl)cc2Cl)cc1)c1ccccc1. The number of hydrogen-bond acceptors (Lipinski definition) is 3. The first-order valence-electron chi connectivity index (χ1n) is 8.10. The molecule has 27 heavy (non-hydrogen) atoms. The summed E-state index contributed by atoms with van der Waals surface area (Å²) in [5.41, 5.74) is 1.50. The number of anilines is 1. The molecule has 0 aliphatic carbocycles. The van der Waals surface area contributed by atoms with E-state index in [2.05, 4.69) is 5.32 Å². The summed E-state index contributed by atoms with van der Waals surface area (Å²) in [6.45, 7) is -0.0594. The molecule has 3 rings (SSSR count). The summed E-state index contributed by atoms with van der Waals surface area (Å²) in [5, 5.41) is 3.49. The van der Waals surface area contributed by atoms with Crippen molar-refractivity contribution >= 4 is 40.6 Å². The molecule has 4 nitrogen and oxygen atoms in total. The second-order valence-electron chi connectivity index (χ2n) is 5.68. The molecule has 0 bridgehead atoms. The van der Waals surface area contributed by atoms with Crippen LogP contribution in [-0.2, 0) is 0 Å². The van der Waals surface area contributed by atoms with E-state index >= 15 is 0 Å². The maximum Gasteiger partial charge on any atom is 0.257 e. The van der Waals surface area contributed by atoms with Crippen molar-refractivity contribution < 1.29 is 14.3 Å². The van der Waals surface area contributed by atoms with Crippen LogP contribution in [0.25, 0.3) is 0 Å². The Hall–Kier alpha value is -2.82. The zero-order valence-electron chi connectivity index (χ0n) is 14.1. The van der Waals surface area contributed by atoms with Crippen molar-refractivity contribution in [3.05, 3.63) is 94.0 Å². The lowest BCUT2D eigenvalue weighted by Gasteiger charge is -2.09. The monoisotopic (exact) mass is 399 g/mol. The molecule has 3 aromatic rings. The summed E-state index contributed by atoms with van der Waals surface area (Å²) in [6.07, 6.45) is 0. The number of hydrogen-bond donors (Lipinski definition) is 1. The molecule has 6 heteroatoms. The van der Waals surface area contributed by atoms with E-state index in [0.29, 0.717) is 27.6 Å². The average molecular weight is 400 g/mol. The Balaban J connectivity index is 1.58. The molecule has 3 aromatic carbocycles. The molecule has 0 fully saturated rings. The van der Waals surface area contributed by atoms with Gasteiger partial charge < -0.3 is 10.1 Å². The second kappa shape index (κ2) is 8.71. The van der Waals surface area contributed by atoms with Crippen LogP contribution in [0.5, 0.6) is 5.75 Å². The van der Waals surface area contributed by atoms with Gasteiger partial charge in [0.15, 0.2) is 12.4 Å². The molecule has 0 aliphatic heterocycles. The Labute approximate surface area is 166 Å². The second-order valence-corrected chi connectivity index (χ2v) is 6.52. The third-order valence-corrected chi connectivity index (χ3v) is 4.30. The molecule has 1 amide bonds. The Morgan fingerprint density at radius 3 is 2.26 bits per heavy atom. The smallest absolute Gasteiger partial charge is 0.257 e. The lowest BCUT2D eigenvalue weighted by Crippen LogP contribution is -2.13. The maximum absolute atomic E-state index is 12.3. The quantitative estimate of drug-likeness (QED) is 0.556. The fourth-order valence-electron chi connectivity index (χ4n) is 2.36. The van der Waals surface area contributed by atoms with Gasteiger partial charge in [-0.05, 0) is 42.5 Å². The van der Waals surface area contributed by atoms with E-state index in [1.165, 1.54) is 6.07 Å². The van der Waals surface area contributed by atoms with Gasteiger partial charge in [-0.3, -0.25) is 9.59 Å². The zero-order chi connectivity index (χ0) is 19.2. The van der Waals surface area contributed by atoms with Crippen LogP contribution >= 0.6 is 23.2 Å². The minimum Gasteiger partial charge on any atom is -0.485 e. The van der Waals surface area contributed by atoms with Crippen LogP contribution in [0, 0.1) is 0 Å². The first kappa shape index (κ1) is 19.0. The molecule has 0 unspecified atom stereocenters. The van der Waals surface area contributed by atoms with E-state index in [1.54, 1.807) is 60.7 Å². The fraction of sp³-hybridized carbons (Fsp3) is 0.0476. The number of amides is 1. The molecule has 0 radical (unpaired) electrons. The van der Waals surface area contributed by atoms with Crippen molar-refractivity contribution in [1.82, 2.24) is 0 Å². The third-order valence-electron chi connectivity index (χ3n) is 3.75. The third kappa shape index (κ3) is 5.09. The molecule has 0 aliphatic rings. The minimum absolute atomic E-state index is 0.0594. The van der Waals surface area contributed by atoms with Crippen LogP contribution < -0.4 is 10.1 Å². The van der Waals surface area contributed by atoms with Gasteiger partial charge in [-0.15, -0.1) is 0 Å². The van der Waals surface area contributed by atoms with Crippen molar-refractivity contribution in [3.63, 3.8) is 0 Å². The topological polar surface area (TPSA) is 55.4 Å². The molecular formula is C21H15Cl2NO3. The first-order chi connectivity index (χ1) is 13.0. The van der Waals surface area contributed by atoms with Crippen LogP contribution in [0.1, 0.15) is 20.7 Å².